The number of carbonyl (C=O) groups is 1. The van der Waals surface area contributed by atoms with Gasteiger partial charge in [0.25, 0.3) is 0 Å². The number of piperazine rings is 1. The maximum absolute atomic E-state index is 15.1. The smallest absolute Gasteiger partial charge is 0.341 e. The van der Waals surface area contributed by atoms with Gasteiger partial charge in [0.15, 0.2) is 0 Å². The maximum atomic E-state index is 15.1. The molecule has 3 N–H and O–H groups in total. The van der Waals surface area contributed by atoms with Crippen LogP contribution in [0.25, 0.3) is 10.9 Å². The van der Waals surface area contributed by atoms with Crippen LogP contribution in [0.5, 0.6) is 0 Å². The Hall–Kier alpha value is -3.20. The second-order valence-corrected chi connectivity index (χ2v) is 7.59. The maximum Gasteiger partial charge on any atom is 0.341 e. The molecule has 1 unspecified atom stereocenters. The zero-order valence-electron chi connectivity index (χ0n) is 15.6. The summed E-state index contributed by atoms with van der Waals surface area (Å²) in [4.78, 5) is 26.0. The predicted molar refractivity (Wildman–Crippen MR) is 105 cm³/mol. The van der Waals surface area contributed by atoms with Crippen LogP contribution >= 0.6 is 0 Å². The number of anilines is 1. The summed E-state index contributed by atoms with van der Waals surface area (Å²) in [6, 6.07) is 4.86. The summed E-state index contributed by atoms with van der Waals surface area (Å²) < 4.78 is 16.9. The van der Waals surface area contributed by atoms with Crippen molar-refractivity contribution in [2.75, 3.05) is 24.5 Å². The number of aromatic amines is 1. The molecule has 3 heterocycles. The van der Waals surface area contributed by atoms with Crippen LogP contribution in [-0.4, -0.2) is 45.5 Å². The van der Waals surface area contributed by atoms with Crippen molar-refractivity contribution in [3.8, 4) is 0 Å². The number of pyridine rings is 1. The number of halogens is 1. The van der Waals surface area contributed by atoms with Crippen molar-refractivity contribution in [1.82, 2.24) is 20.1 Å². The van der Waals surface area contributed by atoms with Crippen LogP contribution < -0.4 is 15.6 Å². The lowest BCUT2D eigenvalue weighted by Gasteiger charge is -2.35. The van der Waals surface area contributed by atoms with Gasteiger partial charge in [-0.1, -0.05) is 0 Å². The molecule has 8 nitrogen and oxygen atoms in total. The van der Waals surface area contributed by atoms with Crippen LogP contribution in [0.1, 0.15) is 41.0 Å². The van der Waals surface area contributed by atoms with E-state index in [1.807, 2.05) is 15.5 Å². The predicted octanol–water partition coefficient (Wildman–Crippen LogP) is 2.05. The fourth-order valence-corrected chi connectivity index (χ4v) is 4.04. The molecule has 9 heteroatoms. The second kappa shape index (κ2) is 6.70. The van der Waals surface area contributed by atoms with E-state index < -0.39 is 17.2 Å². The average Bonchev–Trinajstić information content (AvgIpc) is 3.41. The highest BCUT2D eigenvalue weighted by Crippen LogP contribution is 2.38. The Morgan fingerprint density at radius 3 is 2.83 bits per heavy atom. The van der Waals surface area contributed by atoms with Crippen LogP contribution in [0, 0.1) is 5.82 Å². The fraction of sp³-hybridized carbons (Fsp3) is 0.350. The summed E-state index contributed by atoms with van der Waals surface area (Å²) >= 11 is 0. The van der Waals surface area contributed by atoms with Crippen molar-refractivity contribution in [3.63, 3.8) is 0 Å². The molecule has 1 saturated carbocycles. The molecule has 2 aromatic heterocycles. The minimum atomic E-state index is -1.29. The van der Waals surface area contributed by atoms with Gasteiger partial charge >= 0.3 is 5.97 Å². The van der Waals surface area contributed by atoms with Gasteiger partial charge < -0.3 is 19.9 Å². The fourth-order valence-electron chi connectivity index (χ4n) is 4.04. The normalized spacial score (nSPS) is 19.6. The van der Waals surface area contributed by atoms with E-state index >= 15 is 4.39 Å². The monoisotopic (exact) mass is 397 g/mol. The number of rotatable bonds is 4. The molecule has 1 aliphatic carbocycles. The molecule has 2 aliphatic rings. The Labute approximate surface area is 164 Å². The molecular weight excluding hydrogens is 377 g/mol. The Morgan fingerprint density at radius 1 is 1.31 bits per heavy atom. The lowest BCUT2D eigenvalue weighted by molar-refractivity contribution is 0.0695. The first-order valence-electron chi connectivity index (χ1n) is 9.62. The molecule has 0 radical (unpaired) electrons. The number of nitrogens with zero attached hydrogens (tertiary/aromatic N) is 3. The molecule has 1 saturated heterocycles. The molecule has 3 aromatic rings. The highest BCUT2D eigenvalue weighted by molar-refractivity contribution is 5.93. The van der Waals surface area contributed by atoms with Gasteiger partial charge in [0, 0.05) is 43.5 Å². The van der Waals surface area contributed by atoms with Crippen LogP contribution in [-0.2, 0) is 0 Å². The van der Waals surface area contributed by atoms with Crippen molar-refractivity contribution in [1.29, 1.82) is 0 Å². The van der Waals surface area contributed by atoms with Crippen molar-refractivity contribution in [2.45, 2.75) is 24.9 Å². The Morgan fingerprint density at radius 2 is 2.14 bits per heavy atom. The number of nitrogens with one attached hydrogen (secondary N) is 2. The third kappa shape index (κ3) is 3.07. The number of hydrogen-bond donors (Lipinski definition) is 3. The van der Waals surface area contributed by atoms with Gasteiger partial charge in [0.2, 0.25) is 5.43 Å². The molecule has 0 spiro atoms. The largest absolute Gasteiger partial charge is 0.477 e. The van der Waals surface area contributed by atoms with Gasteiger partial charge in [-0.15, -0.1) is 0 Å². The number of aromatic carboxylic acids is 1. The van der Waals surface area contributed by atoms with E-state index in [0.29, 0.717) is 30.8 Å². The molecule has 150 valence electrons. The van der Waals surface area contributed by atoms with Gasteiger partial charge in [-0.2, -0.15) is 5.10 Å². The first kappa shape index (κ1) is 17.9. The van der Waals surface area contributed by atoms with E-state index in [2.05, 4.69) is 15.5 Å². The Balaban J connectivity index is 1.61. The first-order chi connectivity index (χ1) is 14.0. The summed E-state index contributed by atoms with van der Waals surface area (Å²) in [5, 5.41) is 19.9. The number of carboxylic acid groups (broad SMARTS) is 1. The molecular formula is C20H20FN5O3. The summed E-state index contributed by atoms with van der Waals surface area (Å²) in [5.41, 5.74) is 0.879. The van der Waals surface area contributed by atoms with E-state index in [-0.39, 0.29) is 23.0 Å². The highest BCUT2D eigenvalue weighted by Gasteiger charge is 2.29. The van der Waals surface area contributed by atoms with E-state index in [9.17, 15) is 14.7 Å². The minimum Gasteiger partial charge on any atom is -0.477 e. The summed E-state index contributed by atoms with van der Waals surface area (Å²) in [7, 11) is 0. The van der Waals surface area contributed by atoms with Gasteiger partial charge in [-0.25, -0.2) is 9.18 Å². The minimum absolute atomic E-state index is 0.0369. The topological polar surface area (TPSA) is 103 Å². The van der Waals surface area contributed by atoms with E-state index in [1.165, 1.54) is 12.3 Å². The number of fused-ring (bicyclic) bond motifs is 1. The summed E-state index contributed by atoms with van der Waals surface area (Å²) in [6.07, 6.45) is 4.98. The number of carboxylic acids is 1. The van der Waals surface area contributed by atoms with Gasteiger partial charge in [-0.3, -0.25) is 9.89 Å². The van der Waals surface area contributed by atoms with Crippen molar-refractivity contribution in [2.24, 2.45) is 0 Å². The average molecular weight is 397 g/mol. The number of benzene rings is 1. The molecule has 5 rings (SSSR count). The van der Waals surface area contributed by atoms with Gasteiger partial charge in [0.1, 0.15) is 11.4 Å². The zero-order valence-corrected chi connectivity index (χ0v) is 15.6. The van der Waals surface area contributed by atoms with Crippen LogP contribution in [0.4, 0.5) is 10.1 Å². The van der Waals surface area contributed by atoms with Gasteiger partial charge in [-0.05, 0) is 31.0 Å². The Kier molecular flexibility index (Phi) is 4.13. The zero-order chi connectivity index (χ0) is 20.1. The van der Waals surface area contributed by atoms with Crippen LogP contribution in [0.15, 0.2) is 35.4 Å². The molecule has 1 atom stereocenters. The lowest BCUT2D eigenvalue weighted by Crippen LogP contribution is -2.46. The van der Waals surface area contributed by atoms with Crippen molar-refractivity contribution >= 4 is 22.6 Å². The van der Waals surface area contributed by atoms with E-state index in [4.69, 9.17) is 0 Å². The van der Waals surface area contributed by atoms with Gasteiger partial charge in [0.05, 0.1) is 22.9 Å². The summed E-state index contributed by atoms with van der Waals surface area (Å²) in [5.74, 6) is -1.82. The standard InChI is InChI=1S/C20H20FN5O3/c21-14-7-12-17(26(11-1-2-11)9-13(19(12)27)20(28)29)8-18(14)25-6-5-22-16(10-25)15-3-4-23-24-15/h3-4,7-9,11,16,22H,1-2,5-6,10H2,(H,23,24)(H,28,29). The SMILES string of the molecule is O=C(O)c1cn(C2CC2)c2cc(N3CCNC(c4cc[nH]n4)C3)c(F)cc2c1=O. The van der Waals surface area contributed by atoms with Crippen LogP contribution in [0.2, 0.25) is 0 Å². The first-order valence-corrected chi connectivity index (χ1v) is 9.62. The third-order valence-corrected chi connectivity index (χ3v) is 5.67. The van der Waals surface area contributed by atoms with Crippen molar-refractivity contribution < 1.29 is 14.3 Å². The van der Waals surface area contributed by atoms with E-state index in [1.54, 1.807) is 12.3 Å². The molecule has 0 bridgehead atoms. The second-order valence-electron chi connectivity index (χ2n) is 7.59. The number of hydrogen-bond acceptors (Lipinski definition) is 5. The third-order valence-electron chi connectivity index (χ3n) is 5.67. The molecule has 1 aromatic carbocycles. The number of H-pyrrole nitrogens is 1. The van der Waals surface area contributed by atoms with Crippen molar-refractivity contribution in [3.05, 3.63) is 57.9 Å². The lowest BCUT2D eigenvalue weighted by atomic mass is 10.1. The number of aromatic nitrogens is 3. The molecule has 0 amide bonds. The highest BCUT2D eigenvalue weighted by atomic mass is 19.1. The molecule has 1 aliphatic heterocycles. The Bertz CT molecular complexity index is 1150. The van der Waals surface area contributed by atoms with E-state index in [0.717, 1.165) is 18.5 Å². The molecule has 29 heavy (non-hydrogen) atoms. The summed E-state index contributed by atoms with van der Waals surface area (Å²) in [6.45, 7) is 1.82. The molecule has 2 fully saturated rings. The quantitative estimate of drug-likeness (QED) is 0.623. The van der Waals surface area contributed by atoms with Crippen LogP contribution in [0.3, 0.4) is 0 Å².